The third kappa shape index (κ3) is 3.14. The Labute approximate surface area is 125 Å². The van der Waals surface area contributed by atoms with Crippen molar-refractivity contribution in [2.75, 3.05) is 6.54 Å². The number of likely N-dealkylation sites (tertiary alicyclic amines) is 1. The fourth-order valence-electron chi connectivity index (χ4n) is 3.69. The topological polar surface area (TPSA) is 50.3 Å². The van der Waals surface area contributed by atoms with Gasteiger partial charge in [-0.3, -0.25) is 14.6 Å². The molecule has 2 unspecified atom stereocenters. The quantitative estimate of drug-likeness (QED) is 0.854. The fraction of sp³-hybridized carbons (Fsp3) is 0.588. The van der Waals surface area contributed by atoms with Gasteiger partial charge in [-0.05, 0) is 44.2 Å². The number of aromatic nitrogens is 1. The summed E-state index contributed by atoms with van der Waals surface area (Å²) in [6.45, 7) is 0.815. The standard InChI is InChI=1S/C17H22N2O2/c20-16-8-3-6-14(16)15-7-4-12-19(15)17(21)10-9-13-5-1-2-11-18-13/h1-2,5,11,14-15H,3-4,6-10,12H2. The van der Waals surface area contributed by atoms with Gasteiger partial charge in [-0.15, -0.1) is 0 Å². The Morgan fingerprint density at radius 2 is 2.19 bits per heavy atom. The molecule has 0 radical (unpaired) electrons. The van der Waals surface area contributed by atoms with Crippen LogP contribution in [0.2, 0.25) is 0 Å². The highest BCUT2D eigenvalue weighted by atomic mass is 16.2. The van der Waals surface area contributed by atoms with Gasteiger partial charge in [0.15, 0.2) is 0 Å². The lowest BCUT2D eigenvalue weighted by Crippen LogP contribution is -2.41. The number of carbonyl (C=O) groups excluding carboxylic acids is 2. The third-order valence-corrected chi connectivity index (χ3v) is 4.76. The Kier molecular flexibility index (Phi) is 4.32. The summed E-state index contributed by atoms with van der Waals surface area (Å²) >= 11 is 0. The molecule has 0 spiro atoms. The van der Waals surface area contributed by atoms with E-state index in [4.69, 9.17) is 0 Å². The van der Waals surface area contributed by atoms with Crippen molar-refractivity contribution in [1.29, 1.82) is 0 Å². The summed E-state index contributed by atoms with van der Waals surface area (Å²) in [6, 6.07) is 5.95. The number of Topliss-reactive ketones (excluding diaryl/α,β-unsaturated/α-hetero) is 1. The molecule has 21 heavy (non-hydrogen) atoms. The molecule has 3 rings (SSSR count). The molecule has 1 aromatic rings. The van der Waals surface area contributed by atoms with Gasteiger partial charge in [0.25, 0.3) is 0 Å². The van der Waals surface area contributed by atoms with Crippen molar-refractivity contribution in [2.45, 2.75) is 51.0 Å². The molecule has 4 heteroatoms. The molecule has 2 fully saturated rings. The lowest BCUT2D eigenvalue weighted by molar-refractivity contribution is -0.134. The minimum absolute atomic E-state index is 0.103. The van der Waals surface area contributed by atoms with Gasteiger partial charge < -0.3 is 4.90 Å². The van der Waals surface area contributed by atoms with Crippen LogP contribution < -0.4 is 0 Å². The molecule has 1 saturated heterocycles. The van der Waals surface area contributed by atoms with Crippen LogP contribution in [0.3, 0.4) is 0 Å². The maximum Gasteiger partial charge on any atom is 0.223 e. The normalized spacial score (nSPS) is 25.5. The van der Waals surface area contributed by atoms with E-state index in [-0.39, 0.29) is 17.9 Å². The number of nitrogens with zero attached hydrogens (tertiary/aromatic N) is 2. The van der Waals surface area contributed by atoms with Gasteiger partial charge in [0.2, 0.25) is 5.91 Å². The molecule has 1 aliphatic carbocycles. The van der Waals surface area contributed by atoms with Crippen molar-refractivity contribution in [3.05, 3.63) is 30.1 Å². The second-order valence-electron chi connectivity index (χ2n) is 6.08. The van der Waals surface area contributed by atoms with Crippen LogP contribution in [0.1, 0.15) is 44.2 Å². The fourth-order valence-corrected chi connectivity index (χ4v) is 3.69. The summed E-state index contributed by atoms with van der Waals surface area (Å²) in [5.41, 5.74) is 0.957. The van der Waals surface area contributed by atoms with Gasteiger partial charge in [-0.1, -0.05) is 6.07 Å². The van der Waals surface area contributed by atoms with Crippen molar-refractivity contribution in [3.63, 3.8) is 0 Å². The molecule has 2 aliphatic rings. The second kappa shape index (κ2) is 6.37. The molecular weight excluding hydrogens is 264 g/mol. The first-order valence-corrected chi connectivity index (χ1v) is 7.98. The van der Waals surface area contributed by atoms with Crippen molar-refractivity contribution >= 4 is 11.7 Å². The number of hydrogen-bond acceptors (Lipinski definition) is 3. The average Bonchev–Trinajstić information content (AvgIpc) is 3.14. The van der Waals surface area contributed by atoms with E-state index in [1.54, 1.807) is 6.20 Å². The van der Waals surface area contributed by atoms with Crippen LogP contribution in [0.4, 0.5) is 0 Å². The van der Waals surface area contributed by atoms with Crippen LogP contribution in [0.15, 0.2) is 24.4 Å². The van der Waals surface area contributed by atoms with Gasteiger partial charge in [0.05, 0.1) is 0 Å². The number of aryl methyl sites for hydroxylation is 1. The Hall–Kier alpha value is -1.71. The van der Waals surface area contributed by atoms with Gasteiger partial charge >= 0.3 is 0 Å². The maximum absolute atomic E-state index is 12.5. The van der Waals surface area contributed by atoms with Crippen LogP contribution in [0.25, 0.3) is 0 Å². The zero-order valence-electron chi connectivity index (χ0n) is 12.3. The molecule has 0 bridgehead atoms. The van der Waals surface area contributed by atoms with Crippen LogP contribution in [0.5, 0.6) is 0 Å². The number of hydrogen-bond donors (Lipinski definition) is 0. The lowest BCUT2D eigenvalue weighted by atomic mass is 9.95. The molecule has 2 atom stereocenters. The molecule has 0 N–H and O–H groups in total. The summed E-state index contributed by atoms with van der Waals surface area (Å²) < 4.78 is 0. The van der Waals surface area contributed by atoms with E-state index >= 15 is 0 Å². The molecule has 0 aromatic carbocycles. The van der Waals surface area contributed by atoms with Crippen molar-refractivity contribution in [2.24, 2.45) is 5.92 Å². The highest BCUT2D eigenvalue weighted by Gasteiger charge is 2.39. The summed E-state index contributed by atoms with van der Waals surface area (Å²) in [6.07, 6.45) is 7.63. The van der Waals surface area contributed by atoms with Gasteiger partial charge in [-0.2, -0.15) is 0 Å². The number of carbonyl (C=O) groups is 2. The van der Waals surface area contributed by atoms with Crippen LogP contribution in [0, 0.1) is 5.92 Å². The van der Waals surface area contributed by atoms with E-state index in [0.717, 1.165) is 37.9 Å². The molecular formula is C17H22N2O2. The monoisotopic (exact) mass is 286 g/mol. The van der Waals surface area contributed by atoms with E-state index in [2.05, 4.69) is 4.98 Å². The first-order chi connectivity index (χ1) is 10.3. The number of ketones is 1. The number of pyridine rings is 1. The minimum atomic E-state index is 0.103. The predicted octanol–water partition coefficient (Wildman–Crippen LogP) is 2.37. The Morgan fingerprint density at radius 1 is 1.29 bits per heavy atom. The van der Waals surface area contributed by atoms with Crippen molar-refractivity contribution in [1.82, 2.24) is 9.88 Å². The highest BCUT2D eigenvalue weighted by molar-refractivity contribution is 5.85. The van der Waals surface area contributed by atoms with Gasteiger partial charge in [0, 0.05) is 43.2 Å². The molecule has 1 saturated carbocycles. The molecule has 4 nitrogen and oxygen atoms in total. The summed E-state index contributed by atoms with van der Waals surface area (Å²) in [5.74, 6) is 0.651. The van der Waals surface area contributed by atoms with E-state index in [0.29, 0.717) is 25.0 Å². The molecule has 1 aromatic heterocycles. The SMILES string of the molecule is O=C1CCCC1C1CCCN1C(=O)CCc1ccccn1. The number of amides is 1. The van der Waals surface area contributed by atoms with Gasteiger partial charge in [-0.25, -0.2) is 0 Å². The Morgan fingerprint density at radius 3 is 2.90 bits per heavy atom. The van der Waals surface area contributed by atoms with Crippen LogP contribution in [-0.2, 0) is 16.0 Å². The van der Waals surface area contributed by atoms with E-state index in [1.807, 2.05) is 23.1 Å². The second-order valence-corrected chi connectivity index (χ2v) is 6.08. The minimum Gasteiger partial charge on any atom is -0.339 e. The van der Waals surface area contributed by atoms with E-state index in [9.17, 15) is 9.59 Å². The molecule has 1 aliphatic heterocycles. The van der Waals surface area contributed by atoms with Gasteiger partial charge in [0.1, 0.15) is 5.78 Å². The van der Waals surface area contributed by atoms with E-state index < -0.39 is 0 Å². The summed E-state index contributed by atoms with van der Waals surface area (Å²) in [4.78, 5) is 30.7. The first kappa shape index (κ1) is 14.2. The molecule has 112 valence electrons. The Balaban J connectivity index is 1.59. The van der Waals surface area contributed by atoms with E-state index in [1.165, 1.54) is 0 Å². The zero-order chi connectivity index (χ0) is 14.7. The summed E-state index contributed by atoms with van der Waals surface area (Å²) in [5, 5.41) is 0. The smallest absolute Gasteiger partial charge is 0.223 e. The first-order valence-electron chi connectivity index (χ1n) is 7.98. The molecule has 2 heterocycles. The average molecular weight is 286 g/mol. The Bertz CT molecular complexity index is 515. The maximum atomic E-state index is 12.5. The third-order valence-electron chi connectivity index (χ3n) is 4.76. The highest BCUT2D eigenvalue weighted by Crippen LogP contribution is 2.33. The lowest BCUT2D eigenvalue weighted by Gasteiger charge is -2.28. The van der Waals surface area contributed by atoms with Crippen molar-refractivity contribution < 1.29 is 9.59 Å². The molecule has 1 amide bonds. The van der Waals surface area contributed by atoms with Crippen molar-refractivity contribution in [3.8, 4) is 0 Å². The van der Waals surface area contributed by atoms with Crippen LogP contribution >= 0.6 is 0 Å². The predicted molar refractivity (Wildman–Crippen MR) is 79.6 cm³/mol. The summed E-state index contributed by atoms with van der Waals surface area (Å²) in [7, 11) is 0. The number of rotatable bonds is 4. The van der Waals surface area contributed by atoms with Crippen LogP contribution in [-0.4, -0.2) is 34.2 Å². The zero-order valence-corrected chi connectivity index (χ0v) is 12.3. The largest absolute Gasteiger partial charge is 0.339 e.